The zero-order chi connectivity index (χ0) is 15.2. The topological polar surface area (TPSA) is 82.5 Å². The molecule has 0 saturated carbocycles. The van der Waals surface area contributed by atoms with Crippen LogP contribution >= 0.6 is 0 Å². The molecular weight excluding hydrogens is 270 g/mol. The predicted octanol–water partition coefficient (Wildman–Crippen LogP) is 2.36. The number of amides is 2. The van der Waals surface area contributed by atoms with Crippen LogP contribution in [0.5, 0.6) is 0 Å². The number of carbonyl (C=O) groups excluding carboxylic acids is 1. The van der Waals surface area contributed by atoms with Crippen molar-refractivity contribution < 1.29 is 14.7 Å². The largest absolute Gasteiger partial charge is 0.481 e. The summed E-state index contributed by atoms with van der Waals surface area (Å²) in [6, 6.07) is 3.19. The molecule has 0 unspecified atom stereocenters. The third-order valence-corrected chi connectivity index (χ3v) is 3.89. The van der Waals surface area contributed by atoms with Gasteiger partial charge in [-0.15, -0.1) is 0 Å². The van der Waals surface area contributed by atoms with Crippen LogP contribution in [-0.2, 0) is 11.2 Å². The quantitative estimate of drug-likeness (QED) is 0.892. The van der Waals surface area contributed by atoms with Gasteiger partial charge in [0.2, 0.25) is 0 Å². The minimum Gasteiger partial charge on any atom is -0.481 e. The van der Waals surface area contributed by atoms with Crippen LogP contribution in [0.4, 0.5) is 10.5 Å². The average Bonchev–Trinajstić information content (AvgIpc) is 2.49. The van der Waals surface area contributed by atoms with Crippen molar-refractivity contribution in [2.75, 3.05) is 18.4 Å². The summed E-state index contributed by atoms with van der Waals surface area (Å²) in [6.45, 7) is 3.76. The second-order valence-electron chi connectivity index (χ2n) is 5.38. The van der Waals surface area contributed by atoms with E-state index in [1.165, 1.54) is 12.6 Å². The van der Waals surface area contributed by atoms with Crippen LogP contribution < -0.4 is 5.32 Å². The summed E-state index contributed by atoms with van der Waals surface area (Å²) >= 11 is 0. The van der Waals surface area contributed by atoms with Crippen molar-refractivity contribution in [1.29, 1.82) is 0 Å². The molecule has 1 saturated heterocycles. The van der Waals surface area contributed by atoms with Crippen LogP contribution in [0.25, 0.3) is 0 Å². The first kappa shape index (κ1) is 15.3. The summed E-state index contributed by atoms with van der Waals surface area (Å²) < 4.78 is 0. The minimum atomic E-state index is -0.918. The van der Waals surface area contributed by atoms with E-state index in [4.69, 9.17) is 5.11 Å². The van der Waals surface area contributed by atoms with Gasteiger partial charge in [-0.25, -0.2) is 4.79 Å². The van der Waals surface area contributed by atoms with Gasteiger partial charge in [0, 0.05) is 13.1 Å². The number of aromatic nitrogens is 1. The number of nitrogens with one attached hydrogen (secondary N) is 1. The van der Waals surface area contributed by atoms with Crippen LogP contribution in [0.2, 0.25) is 0 Å². The number of rotatable bonds is 4. The maximum Gasteiger partial charge on any atom is 0.321 e. The van der Waals surface area contributed by atoms with E-state index in [0.29, 0.717) is 11.4 Å². The number of likely N-dealkylation sites (tertiary alicyclic amines) is 1. The summed E-state index contributed by atoms with van der Waals surface area (Å²) in [7, 11) is 0. The highest BCUT2D eigenvalue weighted by Crippen LogP contribution is 2.20. The van der Waals surface area contributed by atoms with Crippen molar-refractivity contribution in [2.45, 2.75) is 32.6 Å². The Labute approximate surface area is 124 Å². The predicted molar refractivity (Wildman–Crippen MR) is 79.2 cm³/mol. The van der Waals surface area contributed by atoms with Crippen LogP contribution in [0.15, 0.2) is 18.3 Å². The highest BCUT2D eigenvalue weighted by atomic mass is 16.4. The molecule has 1 fully saturated rings. The Balaban J connectivity index is 1.86. The lowest BCUT2D eigenvalue weighted by molar-refractivity contribution is -0.136. The van der Waals surface area contributed by atoms with Gasteiger partial charge in [0.15, 0.2) is 0 Å². The van der Waals surface area contributed by atoms with Gasteiger partial charge in [-0.05, 0) is 30.9 Å². The zero-order valence-electron chi connectivity index (χ0n) is 12.2. The van der Waals surface area contributed by atoms with Crippen LogP contribution in [-0.4, -0.2) is 40.1 Å². The van der Waals surface area contributed by atoms with Crippen LogP contribution in [0, 0.1) is 5.92 Å². The molecule has 0 bridgehead atoms. The number of carboxylic acids is 1. The van der Waals surface area contributed by atoms with Crippen LogP contribution in [0.3, 0.4) is 0 Å². The SMILES string of the molecule is CCC1CCN(C(=O)Nc2ccc(CC(=O)O)nc2)CC1. The molecule has 114 valence electrons. The van der Waals surface area contributed by atoms with Crippen LogP contribution in [0.1, 0.15) is 31.9 Å². The molecule has 2 N–H and O–H groups in total. The second kappa shape index (κ2) is 7.06. The Hall–Kier alpha value is -2.11. The average molecular weight is 291 g/mol. The van der Waals surface area contributed by atoms with E-state index in [1.54, 1.807) is 12.1 Å². The number of hydrogen-bond acceptors (Lipinski definition) is 3. The Kier molecular flexibility index (Phi) is 5.14. The van der Waals surface area contributed by atoms with Gasteiger partial charge >= 0.3 is 12.0 Å². The van der Waals surface area contributed by atoms with Crippen molar-refractivity contribution in [3.05, 3.63) is 24.0 Å². The van der Waals surface area contributed by atoms with E-state index < -0.39 is 5.97 Å². The molecular formula is C15H21N3O3. The van der Waals surface area contributed by atoms with Gasteiger partial charge in [-0.2, -0.15) is 0 Å². The molecule has 0 aromatic carbocycles. The normalized spacial score (nSPS) is 15.8. The van der Waals surface area contributed by atoms with E-state index in [2.05, 4.69) is 17.2 Å². The number of carboxylic acid groups (broad SMARTS) is 1. The van der Waals surface area contributed by atoms with Gasteiger partial charge in [-0.3, -0.25) is 9.78 Å². The first-order valence-corrected chi connectivity index (χ1v) is 7.31. The van der Waals surface area contributed by atoms with Gasteiger partial charge in [-0.1, -0.05) is 13.3 Å². The number of urea groups is 1. The molecule has 2 rings (SSSR count). The standard InChI is InChI=1S/C15H21N3O3/c1-2-11-5-7-18(8-6-11)15(21)17-13-4-3-12(16-10-13)9-14(19)20/h3-4,10-11H,2,5-9H2,1H3,(H,17,21)(H,19,20). The molecule has 6 nitrogen and oxygen atoms in total. The highest BCUT2D eigenvalue weighted by Gasteiger charge is 2.21. The third-order valence-electron chi connectivity index (χ3n) is 3.89. The summed E-state index contributed by atoms with van der Waals surface area (Å²) in [5, 5.41) is 11.5. The summed E-state index contributed by atoms with van der Waals surface area (Å²) in [6.07, 6.45) is 4.66. The molecule has 2 heterocycles. The Morgan fingerprint density at radius 1 is 1.38 bits per heavy atom. The highest BCUT2D eigenvalue weighted by molar-refractivity contribution is 5.89. The Bertz CT molecular complexity index is 493. The molecule has 1 aliphatic rings. The lowest BCUT2D eigenvalue weighted by Crippen LogP contribution is -2.40. The smallest absolute Gasteiger partial charge is 0.321 e. The fourth-order valence-corrected chi connectivity index (χ4v) is 2.50. The van der Waals surface area contributed by atoms with Crippen molar-refractivity contribution in [2.24, 2.45) is 5.92 Å². The van der Waals surface area contributed by atoms with E-state index >= 15 is 0 Å². The molecule has 1 aromatic heterocycles. The summed E-state index contributed by atoms with van der Waals surface area (Å²) in [5.41, 5.74) is 1.07. The molecule has 0 atom stereocenters. The number of hydrogen-bond donors (Lipinski definition) is 2. The van der Waals surface area contributed by atoms with Gasteiger partial charge in [0.1, 0.15) is 0 Å². The third kappa shape index (κ3) is 4.44. The van der Waals surface area contributed by atoms with E-state index in [9.17, 15) is 9.59 Å². The monoisotopic (exact) mass is 291 g/mol. The lowest BCUT2D eigenvalue weighted by Gasteiger charge is -2.31. The first-order valence-electron chi connectivity index (χ1n) is 7.31. The van der Waals surface area contributed by atoms with Crippen molar-refractivity contribution >= 4 is 17.7 Å². The van der Waals surface area contributed by atoms with E-state index in [-0.39, 0.29) is 12.5 Å². The zero-order valence-corrected chi connectivity index (χ0v) is 12.2. The molecule has 0 spiro atoms. The number of carbonyl (C=O) groups is 2. The second-order valence-corrected chi connectivity index (χ2v) is 5.38. The van der Waals surface area contributed by atoms with Gasteiger partial charge in [0.25, 0.3) is 0 Å². The molecule has 21 heavy (non-hydrogen) atoms. The molecule has 6 heteroatoms. The van der Waals surface area contributed by atoms with Crippen molar-refractivity contribution in [3.8, 4) is 0 Å². The number of piperidine rings is 1. The number of aliphatic carboxylic acids is 1. The molecule has 1 aromatic rings. The summed E-state index contributed by atoms with van der Waals surface area (Å²) in [4.78, 5) is 28.5. The van der Waals surface area contributed by atoms with E-state index in [1.807, 2.05) is 4.90 Å². The van der Waals surface area contributed by atoms with E-state index in [0.717, 1.165) is 31.8 Å². The van der Waals surface area contributed by atoms with Crippen molar-refractivity contribution in [1.82, 2.24) is 9.88 Å². The Morgan fingerprint density at radius 2 is 2.10 bits per heavy atom. The fourth-order valence-electron chi connectivity index (χ4n) is 2.50. The maximum atomic E-state index is 12.1. The van der Waals surface area contributed by atoms with Gasteiger partial charge in [0.05, 0.1) is 24.0 Å². The number of nitrogens with zero attached hydrogens (tertiary/aromatic N) is 2. The number of pyridine rings is 1. The Morgan fingerprint density at radius 3 is 2.62 bits per heavy atom. The first-order chi connectivity index (χ1) is 10.1. The number of anilines is 1. The minimum absolute atomic E-state index is 0.112. The lowest BCUT2D eigenvalue weighted by atomic mass is 9.95. The molecule has 0 aliphatic carbocycles. The molecule has 2 amide bonds. The van der Waals surface area contributed by atoms with Crippen molar-refractivity contribution in [3.63, 3.8) is 0 Å². The fraction of sp³-hybridized carbons (Fsp3) is 0.533. The maximum absolute atomic E-state index is 12.1. The summed E-state index contributed by atoms with van der Waals surface area (Å²) in [5.74, 6) is -0.191. The molecule has 0 radical (unpaired) electrons. The molecule has 1 aliphatic heterocycles. The van der Waals surface area contributed by atoms with Gasteiger partial charge < -0.3 is 15.3 Å².